The molecule has 21 heavy (non-hydrogen) atoms. The highest BCUT2D eigenvalue weighted by Crippen LogP contribution is 2.06. The molecule has 0 bridgehead atoms. The fourth-order valence-corrected chi connectivity index (χ4v) is 2.67. The van der Waals surface area contributed by atoms with Gasteiger partial charge in [-0.15, -0.1) is 0 Å². The average molecular weight is 300 g/mol. The minimum Gasteiger partial charge on any atom is -0.337 e. The second-order valence-corrected chi connectivity index (χ2v) is 5.33. The van der Waals surface area contributed by atoms with Crippen LogP contribution in [0.2, 0.25) is 0 Å². The number of para-hydroxylation sites is 1. The molecule has 2 heterocycles. The van der Waals surface area contributed by atoms with Gasteiger partial charge in [-0.3, -0.25) is 9.36 Å². The largest absolute Gasteiger partial charge is 0.337 e. The summed E-state index contributed by atoms with van der Waals surface area (Å²) in [6.45, 7) is 1.53. The number of imidazole rings is 1. The number of fused-ring (bicyclic) bond motifs is 1. The van der Waals surface area contributed by atoms with Crippen LogP contribution >= 0.6 is 12.2 Å². The lowest BCUT2D eigenvalue weighted by atomic mass is 10.2. The Bertz CT molecular complexity index is 848. The molecule has 1 aromatic carbocycles. The molecule has 0 amide bonds. The summed E-state index contributed by atoms with van der Waals surface area (Å²) in [5, 5.41) is 0.681. The van der Waals surface area contributed by atoms with E-state index in [4.69, 9.17) is 12.2 Å². The Hall–Kier alpha value is -2.21. The first kappa shape index (κ1) is 13.8. The molecule has 3 aromatic rings. The predicted octanol–water partition coefficient (Wildman–Crippen LogP) is 2.74. The number of hydrogen-bond donors (Lipinski definition) is 1. The molecule has 0 saturated carbocycles. The Labute approximate surface area is 126 Å². The minimum absolute atomic E-state index is 0.0167. The van der Waals surface area contributed by atoms with E-state index in [-0.39, 0.29) is 5.56 Å². The Morgan fingerprint density at radius 3 is 2.81 bits per heavy atom. The van der Waals surface area contributed by atoms with Gasteiger partial charge in [-0.1, -0.05) is 12.1 Å². The molecule has 2 aromatic heterocycles. The lowest BCUT2D eigenvalue weighted by Gasteiger charge is -2.08. The molecule has 5 nitrogen and oxygen atoms in total. The van der Waals surface area contributed by atoms with Crippen LogP contribution in [0.1, 0.15) is 12.8 Å². The molecule has 0 fully saturated rings. The van der Waals surface area contributed by atoms with Gasteiger partial charge in [-0.2, -0.15) is 0 Å². The fourth-order valence-electron chi connectivity index (χ4n) is 2.39. The number of hydrogen-bond acceptors (Lipinski definition) is 3. The molecule has 0 aliphatic heterocycles. The van der Waals surface area contributed by atoms with E-state index in [1.54, 1.807) is 17.1 Å². The summed E-state index contributed by atoms with van der Waals surface area (Å²) in [4.78, 5) is 19.6. The summed E-state index contributed by atoms with van der Waals surface area (Å²) >= 11 is 5.29. The zero-order valence-corrected chi connectivity index (χ0v) is 12.3. The van der Waals surface area contributed by atoms with Gasteiger partial charge < -0.3 is 9.55 Å². The maximum atomic E-state index is 12.4. The molecule has 6 heteroatoms. The van der Waals surface area contributed by atoms with Crippen molar-refractivity contribution in [3.8, 4) is 0 Å². The minimum atomic E-state index is -0.0167. The summed E-state index contributed by atoms with van der Waals surface area (Å²) in [6, 6.07) is 7.45. The van der Waals surface area contributed by atoms with E-state index < -0.39 is 0 Å². The number of aryl methyl sites for hydroxylation is 1. The first-order valence-corrected chi connectivity index (χ1v) is 7.34. The standard InChI is InChI=1S/C15H16N4OS/c20-14-12-5-1-2-6-13(12)17-15(21)19(14)9-4-3-8-18-10-7-16-11-18/h1-2,5-7,10-11H,3-4,8-9H2,(H,17,21). The Morgan fingerprint density at radius 2 is 2.00 bits per heavy atom. The summed E-state index contributed by atoms with van der Waals surface area (Å²) in [5.41, 5.74) is 0.777. The van der Waals surface area contributed by atoms with Crippen LogP contribution in [0, 0.1) is 4.77 Å². The lowest BCUT2D eigenvalue weighted by molar-refractivity contribution is 0.538. The number of H-pyrrole nitrogens is 1. The van der Waals surface area contributed by atoms with Crippen molar-refractivity contribution in [1.82, 2.24) is 19.1 Å². The topological polar surface area (TPSA) is 55.6 Å². The second kappa shape index (κ2) is 6.05. The third-order valence-corrected chi connectivity index (χ3v) is 3.82. The third-order valence-electron chi connectivity index (χ3n) is 3.50. The van der Waals surface area contributed by atoms with E-state index in [0.29, 0.717) is 16.7 Å². The number of nitrogens with zero attached hydrogens (tertiary/aromatic N) is 3. The Kier molecular flexibility index (Phi) is 3.96. The van der Waals surface area contributed by atoms with Gasteiger partial charge in [0.2, 0.25) is 0 Å². The van der Waals surface area contributed by atoms with Crippen LogP contribution in [0.15, 0.2) is 47.8 Å². The van der Waals surface area contributed by atoms with E-state index in [1.165, 1.54) is 0 Å². The number of rotatable bonds is 5. The molecule has 0 aliphatic carbocycles. The molecule has 1 N–H and O–H groups in total. The maximum absolute atomic E-state index is 12.4. The Morgan fingerprint density at radius 1 is 1.19 bits per heavy atom. The monoisotopic (exact) mass is 300 g/mol. The predicted molar refractivity (Wildman–Crippen MR) is 84.9 cm³/mol. The number of aromatic nitrogens is 4. The van der Waals surface area contributed by atoms with E-state index in [1.807, 2.05) is 35.0 Å². The number of aromatic amines is 1. The van der Waals surface area contributed by atoms with E-state index in [0.717, 1.165) is 24.9 Å². The number of unbranched alkanes of at least 4 members (excludes halogenated alkanes) is 1. The molecule has 108 valence electrons. The normalized spacial score (nSPS) is 11.0. The van der Waals surface area contributed by atoms with Crippen LogP contribution in [0.4, 0.5) is 0 Å². The molecule has 0 radical (unpaired) electrons. The third kappa shape index (κ3) is 2.95. The van der Waals surface area contributed by atoms with Crippen LogP contribution in [-0.4, -0.2) is 19.1 Å². The van der Waals surface area contributed by atoms with Gasteiger partial charge in [-0.05, 0) is 37.2 Å². The number of nitrogens with one attached hydrogen (secondary N) is 1. The van der Waals surface area contributed by atoms with E-state index >= 15 is 0 Å². The summed E-state index contributed by atoms with van der Waals surface area (Å²) in [5.74, 6) is 0. The van der Waals surface area contributed by atoms with Crippen molar-refractivity contribution in [2.75, 3.05) is 0 Å². The van der Waals surface area contributed by atoms with Crippen molar-refractivity contribution < 1.29 is 0 Å². The van der Waals surface area contributed by atoms with Crippen molar-refractivity contribution in [3.05, 3.63) is 58.1 Å². The molecule has 0 aliphatic rings. The summed E-state index contributed by atoms with van der Waals surface area (Å²) in [7, 11) is 0. The zero-order valence-electron chi connectivity index (χ0n) is 11.5. The zero-order chi connectivity index (χ0) is 14.7. The quantitative estimate of drug-likeness (QED) is 0.582. The van der Waals surface area contributed by atoms with Gasteiger partial charge in [0.15, 0.2) is 4.77 Å². The first-order chi connectivity index (χ1) is 10.3. The molecule has 0 saturated heterocycles. The molecule has 3 rings (SSSR count). The van der Waals surface area contributed by atoms with Gasteiger partial charge in [0.25, 0.3) is 5.56 Å². The first-order valence-electron chi connectivity index (χ1n) is 6.93. The molecule has 0 spiro atoms. The Balaban J connectivity index is 1.75. The van der Waals surface area contributed by atoms with E-state index in [2.05, 4.69) is 9.97 Å². The van der Waals surface area contributed by atoms with Gasteiger partial charge in [0.05, 0.1) is 17.2 Å². The van der Waals surface area contributed by atoms with Gasteiger partial charge in [0.1, 0.15) is 0 Å². The highest BCUT2D eigenvalue weighted by atomic mass is 32.1. The average Bonchev–Trinajstić information content (AvgIpc) is 2.99. The highest BCUT2D eigenvalue weighted by molar-refractivity contribution is 7.71. The molecular formula is C15H16N4OS. The fraction of sp³-hybridized carbons (Fsp3) is 0.267. The van der Waals surface area contributed by atoms with Gasteiger partial charge in [0, 0.05) is 25.5 Å². The van der Waals surface area contributed by atoms with Crippen LogP contribution in [-0.2, 0) is 13.1 Å². The maximum Gasteiger partial charge on any atom is 0.262 e. The second-order valence-electron chi connectivity index (χ2n) is 4.94. The van der Waals surface area contributed by atoms with Crippen LogP contribution in [0.3, 0.4) is 0 Å². The SMILES string of the molecule is O=c1c2ccccc2[nH]c(=S)n1CCCCn1ccnc1. The molecule has 0 atom stereocenters. The van der Waals surface area contributed by atoms with Crippen LogP contribution in [0.5, 0.6) is 0 Å². The van der Waals surface area contributed by atoms with E-state index in [9.17, 15) is 4.79 Å². The smallest absolute Gasteiger partial charge is 0.262 e. The van der Waals surface area contributed by atoms with Crippen LogP contribution < -0.4 is 5.56 Å². The molecular weight excluding hydrogens is 284 g/mol. The van der Waals surface area contributed by atoms with Crippen molar-refractivity contribution in [3.63, 3.8) is 0 Å². The van der Waals surface area contributed by atoms with Crippen molar-refractivity contribution >= 4 is 23.1 Å². The lowest BCUT2D eigenvalue weighted by Crippen LogP contribution is -2.22. The summed E-state index contributed by atoms with van der Waals surface area (Å²) < 4.78 is 4.16. The molecule has 0 unspecified atom stereocenters. The summed E-state index contributed by atoms with van der Waals surface area (Å²) in [6.07, 6.45) is 7.38. The highest BCUT2D eigenvalue weighted by Gasteiger charge is 2.04. The van der Waals surface area contributed by atoms with Crippen molar-refractivity contribution in [2.24, 2.45) is 0 Å². The van der Waals surface area contributed by atoms with Crippen LogP contribution in [0.25, 0.3) is 10.9 Å². The number of benzene rings is 1. The van der Waals surface area contributed by atoms with Crippen molar-refractivity contribution in [2.45, 2.75) is 25.9 Å². The van der Waals surface area contributed by atoms with Gasteiger partial charge >= 0.3 is 0 Å². The van der Waals surface area contributed by atoms with Crippen molar-refractivity contribution in [1.29, 1.82) is 0 Å². The van der Waals surface area contributed by atoms with Gasteiger partial charge in [-0.25, -0.2) is 4.98 Å².